The Morgan fingerprint density at radius 2 is 1.97 bits per heavy atom. The standard InChI is InChI=1S/C20H18F3N3O4/c21-11-2-1-10(15(23)5-11)6-24-19(29)14-9-26-13-4-3-12(22)7-25(8-13)20(30)16(26)18(28)17(14)27/h1-2,5,9,12-13,28H,3-4,6-8H2,(H,24,29)/t12-,13+/m0/s1. The SMILES string of the molecule is O=C(NCc1ccc(F)cc1F)c1cn2c(c(O)c1=O)C(=O)N1C[C@@H](F)CC[C@@H]2C1. The van der Waals surface area contributed by atoms with Crippen LogP contribution in [0.25, 0.3) is 0 Å². The highest BCUT2D eigenvalue weighted by molar-refractivity contribution is 5.99. The third kappa shape index (κ3) is 3.42. The lowest BCUT2D eigenvalue weighted by atomic mass is 10.1. The summed E-state index contributed by atoms with van der Waals surface area (Å²) in [7, 11) is 0. The molecule has 2 amide bonds. The van der Waals surface area contributed by atoms with Crippen molar-refractivity contribution in [3.63, 3.8) is 0 Å². The second-order valence-corrected chi connectivity index (χ2v) is 7.43. The van der Waals surface area contributed by atoms with Crippen LogP contribution in [0.1, 0.15) is 45.3 Å². The molecule has 1 fully saturated rings. The zero-order valence-electron chi connectivity index (χ0n) is 15.7. The van der Waals surface area contributed by atoms with Gasteiger partial charge in [0.05, 0.1) is 12.6 Å². The van der Waals surface area contributed by atoms with E-state index >= 15 is 0 Å². The fraction of sp³-hybridized carbons (Fsp3) is 0.350. The minimum atomic E-state index is -1.21. The van der Waals surface area contributed by atoms with Gasteiger partial charge in [0.2, 0.25) is 5.43 Å². The molecule has 158 valence electrons. The van der Waals surface area contributed by atoms with Crippen molar-refractivity contribution in [3.05, 3.63) is 63.1 Å². The van der Waals surface area contributed by atoms with Gasteiger partial charge in [-0.25, -0.2) is 13.2 Å². The molecule has 0 unspecified atom stereocenters. The summed E-state index contributed by atoms with van der Waals surface area (Å²) in [6.45, 7) is -0.225. The molecule has 10 heteroatoms. The zero-order valence-corrected chi connectivity index (χ0v) is 15.7. The average Bonchev–Trinajstić information content (AvgIpc) is 2.87. The number of aromatic hydroxyl groups is 1. The van der Waals surface area contributed by atoms with E-state index in [1.54, 1.807) is 0 Å². The molecule has 2 aliphatic rings. The summed E-state index contributed by atoms with van der Waals surface area (Å²) in [4.78, 5) is 39.0. The molecule has 2 bridgehead atoms. The van der Waals surface area contributed by atoms with E-state index in [4.69, 9.17) is 0 Å². The largest absolute Gasteiger partial charge is 0.503 e. The first-order valence-electron chi connectivity index (χ1n) is 9.40. The number of carbonyl (C=O) groups excluding carboxylic acids is 2. The topological polar surface area (TPSA) is 91.6 Å². The minimum absolute atomic E-state index is 0.00982. The molecule has 30 heavy (non-hydrogen) atoms. The fourth-order valence-electron chi connectivity index (χ4n) is 3.88. The fourth-order valence-corrected chi connectivity index (χ4v) is 3.88. The second-order valence-electron chi connectivity index (χ2n) is 7.43. The van der Waals surface area contributed by atoms with E-state index in [0.29, 0.717) is 12.5 Å². The molecule has 1 aromatic carbocycles. The van der Waals surface area contributed by atoms with Crippen molar-refractivity contribution in [2.45, 2.75) is 31.6 Å². The summed E-state index contributed by atoms with van der Waals surface area (Å²) in [5.41, 5.74) is -1.74. The van der Waals surface area contributed by atoms with Crippen molar-refractivity contribution in [3.8, 4) is 5.75 Å². The van der Waals surface area contributed by atoms with Crippen LogP contribution in [0, 0.1) is 11.6 Å². The number of aromatic nitrogens is 1. The van der Waals surface area contributed by atoms with Crippen LogP contribution in [0.2, 0.25) is 0 Å². The normalized spacial score (nSPS) is 20.5. The van der Waals surface area contributed by atoms with Gasteiger partial charge >= 0.3 is 0 Å². The van der Waals surface area contributed by atoms with Crippen molar-refractivity contribution in [1.29, 1.82) is 0 Å². The Kier molecular flexibility index (Phi) is 5.00. The maximum absolute atomic E-state index is 13.9. The van der Waals surface area contributed by atoms with E-state index in [1.165, 1.54) is 15.7 Å². The van der Waals surface area contributed by atoms with Gasteiger partial charge in [0.25, 0.3) is 11.8 Å². The van der Waals surface area contributed by atoms with E-state index < -0.39 is 52.4 Å². The number of amides is 2. The number of carbonyl (C=O) groups is 2. The van der Waals surface area contributed by atoms with E-state index in [0.717, 1.165) is 12.1 Å². The van der Waals surface area contributed by atoms with Gasteiger partial charge in [-0.2, -0.15) is 0 Å². The number of nitrogens with zero attached hydrogens (tertiary/aromatic N) is 2. The Labute approximate surface area is 168 Å². The van der Waals surface area contributed by atoms with Gasteiger partial charge in [-0.1, -0.05) is 6.07 Å². The van der Waals surface area contributed by atoms with Crippen molar-refractivity contribution < 1.29 is 27.9 Å². The molecule has 0 saturated carbocycles. The van der Waals surface area contributed by atoms with Gasteiger partial charge in [0, 0.05) is 30.9 Å². The molecule has 0 spiro atoms. The predicted octanol–water partition coefficient (Wildman–Crippen LogP) is 1.89. The van der Waals surface area contributed by atoms with Crippen LogP contribution < -0.4 is 10.7 Å². The third-order valence-electron chi connectivity index (χ3n) is 5.46. The van der Waals surface area contributed by atoms with Crippen LogP contribution in [0.15, 0.2) is 29.2 Å². The highest BCUT2D eigenvalue weighted by Gasteiger charge is 2.38. The molecular formula is C20H18F3N3O4. The summed E-state index contributed by atoms with van der Waals surface area (Å²) >= 11 is 0. The Balaban J connectivity index is 1.66. The molecule has 2 atom stereocenters. The molecule has 1 aromatic heterocycles. The van der Waals surface area contributed by atoms with Crippen LogP contribution in [0.3, 0.4) is 0 Å². The van der Waals surface area contributed by atoms with Crippen molar-refractivity contribution in [2.24, 2.45) is 0 Å². The highest BCUT2D eigenvalue weighted by Crippen LogP contribution is 2.32. The second kappa shape index (κ2) is 7.51. The lowest BCUT2D eigenvalue weighted by molar-refractivity contribution is 0.0646. The molecule has 2 N–H and O–H groups in total. The molecule has 0 aliphatic carbocycles. The first kappa shape index (κ1) is 20.0. The number of hydrogen-bond donors (Lipinski definition) is 2. The average molecular weight is 421 g/mol. The van der Waals surface area contributed by atoms with Crippen molar-refractivity contribution in [2.75, 3.05) is 13.1 Å². The van der Waals surface area contributed by atoms with Crippen LogP contribution in [0.5, 0.6) is 5.75 Å². The van der Waals surface area contributed by atoms with Gasteiger partial charge in [0.1, 0.15) is 23.4 Å². The highest BCUT2D eigenvalue weighted by atomic mass is 19.1. The lowest BCUT2D eigenvalue weighted by Crippen LogP contribution is -2.45. The molecule has 2 aromatic rings. The molecule has 3 heterocycles. The van der Waals surface area contributed by atoms with Gasteiger partial charge in [-0.3, -0.25) is 14.4 Å². The van der Waals surface area contributed by atoms with E-state index in [9.17, 15) is 32.7 Å². The summed E-state index contributed by atoms with van der Waals surface area (Å²) in [6, 6.07) is 2.47. The number of nitrogens with one attached hydrogen (secondary N) is 1. The number of fused-ring (bicyclic) bond motifs is 4. The van der Waals surface area contributed by atoms with Gasteiger partial charge in [-0.05, 0) is 18.9 Å². The number of hydrogen-bond acceptors (Lipinski definition) is 4. The maximum Gasteiger partial charge on any atom is 0.274 e. The Bertz CT molecular complexity index is 1100. The molecule has 4 rings (SSSR count). The number of rotatable bonds is 3. The number of halogens is 3. The van der Waals surface area contributed by atoms with Gasteiger partial charge in [0.15, 0.2) is 11.4 Å². The van der Waals surface area contributed by atoms with E-state index in [-0.39, 0.29) is 37.3 Å². The Morgan fingerprint density at radius 3 is 2.70 bits per heavy atom. The first-order valence-corrected chi connectivity index (χ1v) is 9.40. The Hall–Kier alpha value is -3.30. The smallest absolute Gasteiger partial charge is 0.274 e. The zero-order chi connectivity index (χ0) is 21.6. The minimum Gasteiger partial charge on any atom is -0.503 e. The van der Waals surface area contributed by atoms with E-state index in [1.807, 2.05) is 0 Å². The molecule has 2 aliphatic heterocycles. The van der Waals surface area contributed by atoms with Gasteiger partial charge in [-0.15, -0.1) is 0 Å². The van der Waals surface area contributed by atoms with Crippen molar-refractivity contribution >= 4 is 11.8 Å². The van der Waals surface area contributed by atoms with Crippen LogP contribution >= 0.6 is 0 Å². The van der Waals surface area contributed by atoms with Crippen molar-refractivity contribution in [1.82, 2.24) is 14.8 Å². The summed E-state index contributed by atoms with van der Waals surface area (Å²) < 4.78 is 42.0. The number of benzene rings is 1. The van der Waals surface area contributed by atoms with Gasteiger partial charge < -0.3 is 19.9 Å². The number of pyridine rings is 1. The summed E-state index contributed by atoms with van der Waals surface area (Å²) in [5.74, 6) is -4.07. The first-order chi connectivity index (χ1) is 14.3. The lowest BCUT2D eigenvalue weighted by Gasteiger charge is -2.34. The third-order valence-corrected chi connectivity index (χ3v) is 5.46. The molecular weight excluding hydrogens is 403 g/mol. The summed E-state index contributed by atoms with van der Waals surface area (Å²) in [5, 5.41) is 12.7. The molecule has 1 saturated heterocycles. The Morgan fingerprint density at radius 1 is 1.20 bits per heavy atom. The van der Waals surface area contributed by atoms with Crippen LogP contribution in [0.4, 0.5) is 13.2 Å². The molecule has 7 nitrogen and oxygen atoms in total. The summed E-state index contributed by atoms with van der Waals surface area (Å²) in [6.07, 6.45) is 0.525. The molecule has 0 radical (unpaired) electrons. The predicted molar refractivity (Wildman–Crippen MR) is 99.0 cm³/mol. The maximum atomic E-state index is 13.9. The van der Waals surface area contributed by atoms with Crippen LogP contribution in [-0.4, -0.2) is 45.6 Å². The quantitative estimate of drug-likeness (QED) is 0.792. The van der Waals surface area contributed by atoms with E-state index in [2.05, 4.69) is 5.32 Å². The monoisotopic (exact) mass is 421 g/mol. The number of alkyl halides is 1. The van der Waals surface area contributed by atoms with Crippen LogP contribution in [-0.2, 0) is 6.54 Å².